The molecule has 8 nitrogen and oxygen atoms in total. The van der Waals surface area contributed by atoms with Crippen molar-refractivity contribution in [1.82, 2.24) is 14.5 Å². The van der Waals surface area contributed by atoms with Crippen molar-refractivity contribution in [2.24, 2.45) is 0 Å². The van der Waals surface area contributed by atoms with Crippen LogP contribution >= 0.6 is 0 Å². The number of amides is 1. The van der Waals surface area contributed by atoms with Crippen molar-refractivity contribution in [3.05, 3.63) is 40.9 Å². The Morgan fingerprint density at radius 2 is 2.12 bits per heavy atom. The molecule has 8 heteroatoms. The first kappa shape index (κ1) is 16.1. The van der Waals surface area contributed by atoms with Gasteiger partial charge >= 0.3 is 5.97 Å². The smallest absolute Gasteiger partial charge is 0.328 e. The SMILES string of the molecule is O=C(O)C1COCCN1C(=O)CCn1cnc2ccccc2c1=O. The van der Waals surface area contributed by atoms with Crippen molar-refractivity contribution in [3.63, 3.8) is 0 Å². The van der Waals surface area contributed by atoms with Crippen LogP contribution in [0.15, 0.2) is 35.4 Å². The molecule has 0 saturated carbocycles. The summed E-state index contributed by atoms with van der Waals surface area (Å²) < 4.78 is 6.49. The molecule has 1 aromatic carbocycles. The number of hydrogen-bond acceptors (Lipinski definition) is 5. The van der Waals surface area contributed by atoms with Gasteiger partial charge in [0, 0.05) is 19.5 Å². The van der Waals surface area contributed by atoms with Crippen molar-refractivity contribution in [2.45, 2.75) is 19.0 Å². The fourth-order valence-corrected chi connectivity index (χ4v) is 2.73. The molecule has 1 aliphatic heterocycles. The van der Waals surface area contributed by atoms with E-state index in [4.69, 9.17) is 9.84 Å². The Hall–Kier alpha value is -2.74. The number of carboxylic acids is 1. The predicted octanol–water partition coefficient (Wildman–Crippen LogP) is 0.0986. The summed E-state index contributed by atoms with van der Waals surface area (Å²) in [6.07, 6.45) is 1.44. The second kappa shape index (κ2) is 6.79. The number of aromatic nitrogens is 2. The maximum absolute atomic E-state index is 12.4. The van der Waals surface area contributed by atoms with Gasteiger partial charge < -0.3 is 14.7 Å². The van der Waals surface area contributed by atoms with Crippen LogP contribution in [0, 0.1) is 0 Å². The van der Waals surface area contributed by atoms with Gasteiger partial charge in [-0.3, -0.25) is 14.2 Å². The number of nitrogens with zero attached hydrogens (tertiary/aromatic N) is 3. The number of para-hydroxylation sites is 1. The molecular weight excluding hydrogens is 314 g/mol. The summed E-state index contributed by atoms with van der Waals surface area (Å²) in [5.74, 6) is -1.40. The number of aliphatic carboxylic acids is 1. The normalized spacial score (nSPS) is 17.8. The average Bonchev–Trinajstić information content (AvgIpc) is 2.61. The van der Waals surface area contributed by atoms with Gasteiger partial charge in [0.15, 0.2) is 6.04 Å². The zero-order chi connectivity index (χ0) is 17.1. The van der Waals surface area contributed by atoms with Crippen LogP contribution < -0.4 is 5.56 Å². The summed E-state index contributed by atoms with van der Waals surface area (Å²) in [7, 11) is 0. The predicted molar refractivity (Wildman–Crippen MR) is 84.6 cm³/mol. The molecule has 2 heterocycles. The minimum Gasteiger partial charge on any atom is -0.480 e. The van der Waals surface area contributed by atoms with E-state index in [9.17, 15) is 14.4 Å². The number of rotatable bonds is 4. The number of benzene rings is 1. The van der Waals surface area contributed by atoms with E-state index < -0.39 is 12.0 Å². The van der Waals surface area contributed by atoms with E-state index in [1.165, 1.54) is 15.8 Å². The lowest BCUT2D eigenvalue weighted by Gasteiger charge is -2.32. The Labute approximate surface area is 137 Å². The minimum atomic E-state index is -1.09. The molecular formula is C16H17N3O5. The largest absolute Gasteiger partial charge is 0.480 e. The highest BCUT2D eigenvalue weighted by molar-refractivity contribution is 5.84. The molecule has 1 aliphatic rings. The molecule has 126 valence electrons. The summed E-state index contributed by atoms with van der Waals surface area (Å²) in [6, 6.07) is 6.01. The van der Waals surface area contributed by atoms with Gasteiger partial charge in [-0.25, -0.2) is 9.78 Å². The molecule has 1 unspecified atom stereocenters. The van der Waals surface area contributed by atoms with Crippen molar-refractivity contribution in [2.75, 3.05) is 19.8 Å². The Morgan fingerprint density at radius 1 is 1.33 bits per heavy atom. The topological polar surface area (TPSA) is 102 Å². The summed E-state index contributed by atoms with van der Waals surface area (Å²) in [5.41, 5.74) is 0.384. The highest BCUT2D eigenvalue weighted by Crippen LogP contribution is 2.10. The molecule has 1 saturated heterocycles. The number of morpholine rings is 1. The van der Waals surface area contributed by atoms with Crippen molar-refractivity contribution in [1.29, 1.82) is 0 Å². The maximum Gasteiger partial charge on any atom is 0.328 e. The van der Waals surface area contributed by atoms with Crippen molar-refractivity contribution in [3.8, 4) is 0 Å². The molecule has 0 radical (unpaired) electrons. The van der Waals surface area contributed by atoms with Crippen LogP contribution in [0.4, 0.5) is 0 Å². The molecule has 1 amide bonds. The number of ether oxygens (including phenoxy) is 1. The number of hydrogen-bond donors (Lipinski definition) is 1. The second-order valence-electron chi connectivity index (χ2n) is 5.53. The minimum absolute atomic E-state index is 0.0153. The lowest BCUT2D eigenvalue weighted by Crippen LogP contribution is -2.52. The highest BCUT2D eigenvalue weighted by Gasteiger charge is 2.32. The van der Waals surface area contributed by atoms with Gasteiger partial charge in [-0.2, -0.15) is 0 Å². The Bertz CT molecular complexity index is 832. The zero-order valence-corrected chi connectivity index (χ0v) is 12.9. The van der Waals surface area contributed by atoms with Crippen LogP contribution in [0.25, 0.3) is 10.9 Å². The van der Waals surface area contributed by atoms with Gasteiger partial charge in [0.05, 0.1) is 30.4 Å². The highest BCUT2D eigenvalue weighted by atomic mass is 16.5. The van der Waals surface area contributed by atoms with Crippen LogP contribution in [-0.4, -0.2) is 57.2 Å². The van der Waals surface area contributed by atoms with Gasteiger partial charge in [-0.05, 0) is 12.1 Å². The van der Waals surface area contributed by atoms with Crippen molar-refractivity contribution >= 4 is 22.8 Å². The standard InChI is InChI=1S/C16H17N3O5/c20-14(19-7-8-24-9-13(19)16(22)23)5-6-18-10-17-12-4-2-1-3-11(12)15(18)21/h1-4,10,13H,5-9H2,(H,22,23). The molecule has 1 fully saturated rings. The van der Waals surface area contributed by atoms with Crippen LogP contribution in [0.1, 0.15) is 6.42 Å². The molecule has 0 spiro atoms. The Kier molecular flexibility index (Phi) is 4.57. The average molecular weight is 331 g/mol. The third-order valence-electron chi connectivity index (χ3n) is 4.03. The molecule has 0 bridgehead atoms. The number of carbonyl (C=O) groups is 2. The van der Waals surface area contributed by atoms with Gasteiger partial charge in [0.1, 0.15) is 0 Å². The molecule has 0 aliphatic carbocycles. The summed E-state index contributed by atoms with van der Waals surface area (Å²) in [5, 5.41) is 9.65. The summed E-state index contributed by atoms with van der Waals surface area (Å²) >= 11 is 0. The Morgan fingerprint density at radius 3 is 2.92 bits per heavy atom. The molecule has 3 rings (SSSR count). The fraction of sp³-hybridized carbons (Fsp3) is 0.375. The van der Waals surface area contributed by atoms with E-state index in [2.05, 4.69) is 4.98 Å². The first-order valence-electron chi connectivity index (χ1n) is 7.62. The van der Waals surface area contributed by atoms with Gasteiger partial charge in [0.2, 0.25) is 5.91 Å². The van der Waals surface area contributed by atoms with Gasteiger partial charge in [-0.15, -0.1) is 0 Å². The van der Waals surface area contributed by atoms with E-state index in [1.54, 1.807) is 24.3 Å². The number of carboxylic acid groups (broad SMARTS) is 1. The quantitative estimate of drug-likeness (QED) is 0.852. The second-order valence-corrected chi connectivity index (χ2v) is 5.53. The van der Waals surface area contributed by atoms with Crippen molar-refractivity contribution < 1.29 is 19.4 Å². The first-order valence-corrected chi connectivity index (χ1v) is 7.62. The summed E-state index contributed by atoms with van der Waals surface area (Å²) in [4.78, 5) is 41.4. The molecule has 1 aromatic heterocycles. The fourth-order valence-electron chi connectivity index (χ4n) is 2.73. The molecule has 24 heavy (non-hydrogen) atoms. The lowest BCUT2D eigenvalue weighted by atomic mass is 10.2. The van der Waals surface area contributed by atoms with E-state index in [0.717, 1.165) is 0 Å². The van der Waals surface area contributed by atoms with E-state index in [1.807, 2.05) is 0 Å². The zero-order valence-electron chi connectivity index (χ0n) is 12.9. The third kappa shape index (κ3) is 3.13. The van der Waals surface area contributed by atoms with Crippen LogP contribution in [0.2, 0.25) is 0 Å². The first-order chi connectivity index (χ1) is 11.6. The monoisotopic (exact) mass is 331 g/mol. The van der Waals surface area contributed by atoms with E-state index >= 15 is 0 Å². The van der Waals surface area contributed by atoms with E-state index in [0.29, 0.717) is 17.5 Å². The summed E-state index contributed by atoms with van der Waals surface area (Å²) in [6.45, 7) is 0.686. The van der Waals surface area contributed by atoms with E-state index in [-0.39, 0.29) is 37.6 Å². The van der Waals surface area contributed by atoms with Crippen LogP contribution in [-0.2, 0) is 20.9 Å². The number of carbonyl (C=O) groups excluding carboxylic acids is 1. The van der Waals surface area contributed by atoms with Crippen LogP contribution in [0.3, 0.4) is 0 Å². The maximum atomic E-state index is 12.4. The Balaban J connectivity index is 1.73. The molecule has 1 atom stereocenters. The van der Waals surface area contributed by atoms with Gasteiger partial charge in [0.25, 0.3) is 5.56 Å². The van der Waals surface area contributed by atoms with Crippen LogP contribution in [0.5, 0.6) is 0 Å². The number of fused-ring (bicyclic) bond motifs is 1. The third-order valence-corrected chi connectivity index (χ3v) is 4.03. The lowest BCUT2D eigenvalue weighted by molar-refractivity contribution is -0.158. The number of aryl methyl sites for hydroxylation is 1. The molecule has 1 N–H and O–H groups in total. The molecule has 2 aromatic rings. The van der Waals surface area contributed by atoms with Gasteiger partial charge in [-0.1, -0.05) is 12.1 Å².